The molecule has 100 valence electrons. The van der Waals surface area contributed by atoms with Crippen LogP contribution in [0, 0.1) is 5.92 Å². The molecule has 0 bridgehead atoms. The van der Waals surface area contributed by atoms with Crippen LogP contribution in [0.25, 0.3) is 0 Å². The maximum absolute atomic E-state index is 11.8. The monoisotopic (exact) mass is 243 g/mol. The van der Waals surface area contributed by atoms with Gasteiger partial charge in [0.05, 0.1) is 25.9 Å². The molecule has 0 amide bonds. The number of ether oxygens (including phenoxy) is 1. The zero-order chi connectivity index (χ0) is 12.7. The van der Waals surface area contributed by atoms with Crippen LogP contribution in [0.4, 0.5) is 0 Å². The quantitative estimate of drug-likeness (QED) is 0.727. The summed E-state index contributed by atoms with van der Waals surface area (Å²) in [7, 11) is 0. The van der Waals surface area contributed by atoms with Crippen LogP contribution in [0.5, 0.6) is 0 Å². The molecule has 1 fully saturated rings. The number of hydrogen-bond donors (Lipinski definition) is 1. The fourth-order valence-electron chi connectivity index (χ4n) is 2.06. The lowest BCUT2D eigenvalue weighted by molar-refractivity contribution is -0.124. The van der Waals surface area contributed by atoms with E-state index in [0.29, 0.717) is 18.9 Å². The summed E-state index contributed by atoms with van der Waals surface area (Å²) in [6.07, 6.45) is 3.12. The average molecular weight is 243 g/mol. The standard InChI is InChI=1S/C13H25NO3/c1-3-11(2)13(16)10-14-6-4-12(5-7-14)17-9-8-15/h11-12,15H,3-10H2,1-2H3. The molecule has 1 atom stereocenters. The van der Waals surface area contributed by atoms with Crippen LogP contribution >= 0.6 is 0 Å². The molecule has 1 heterocycles. The lowest BCUT2D eigenvalue weighted by Crippen LogP contribution is -2.41. The van der Waals surface area contributed by atoms with Crippen molar-refractivity contribution >= 4 is 5.78 Å². The Morgan fingerprint density at radius 2 is 2.12 bits per heavy atom. The fraction of sp³-hybridized carbons (Fsp3) is 0.923. The minimum atomic E-state index is 0.0900. The van der Waals surface area contributed by atoms with E-state index in [0.717, 1.165) is 32.4 Å². The molecular weight excluding hydrogens is 218 g/mol. The number of carbonyl (C=O) groups is 1. The van der Waals surface area contributed by atoms with Gasteiger partial charge in [-0.2, -0.15) is 0 Å². The summed E-state index contributed by atoms with van der Waals surface area (Å²) in [6.45, 7) is 7.01. The van der Waals surface area contributed by atoms with Gasteiger partial charge in [0.15, 0.2) is 0 Å². The highest BCUT2D eigenvalue weighted by atomic mass is 16.5. The molecule has 1 aliphatic heterocycles. The van der Waals surface area contributed by atoms with Crippen molar-refractivity contribution < 1.29 is 14.6 Å². The van der Waals surface area contributed by atoms with Crippen molar-refractivity contribution in [2.75, 3.05) is 32.8 Å². The third-order valence-corrected chi connectivity index (χ3v) is 3.52. The lowest BCUT2D eigenvalue weighted by Gasteiger charge is -2.31. The Kier molecular flexibility index (Phi) is 6.70. The number of carbonyl (C=O) groups excluding carboxylic acids is 1. The highest BCUT2D eigenvalue weighted by Crippen LogP contribution is 2.14. The predicted octanol–water partition coefficient (Wildman–Crippen LogP) is 1.07. The maximum Gasteiger partial charge on any atom is 0.149 e. The van der Waals surface area contributed by atoms with Gasteiger partial charge in [0, 0.05) is 19.0 Å². The van der Waals surface area contributed by atoms with Crippen LogP contribution < -0.4 is 0 Å². The van der Waals surface area contributed by atoms with E-state index in [2.05, 4.69) is 11.8 Å². The van der Waals surface area contributed by atoms with Gasteiger partial charge in [0.25, 0.3) is 0 Å². The van der Waals surface area contributed by atoms with Crippen LogP contribution in [-0.2, 0) is 9.53 Å². The summed E-state index contributed by atoms with van der Waals surface area (Å²) in [5.74, 6) is 0.528. The first-order chi connectivity index (χ1) is 8.17. The van der Waals surface area contributed by atoms with Crippen molar-refractivity contribution in [2.45, 2.75) is 39.2 Å². The summed E-state index contributed by atoms with van der Waals surface area (Å²) in [6, 6.07) is 0. The number of Topliss-reactive ketones (excluding diaryl/α,β-unsaturated/α-hetero) is 1. The van der Waals surface area contributed by atoms with E-state index in [-0.39, 0.29) is 18.6 Å². The van der Waals surface area contributed by atoms with E-state index in [1.165, 1.54) is 0 Å². The number of likely N-dealkylation sites (tertiary alicyclic amines) is 1. The van der Waals surface area contributed by atoms with Crippen molar-refractivity contribution in [3.8, 4) is 0 Å². The number of piperidine rings is 1. The van der Waals surface area contributed by atoms with Gasteiger partial charge in [-0.25, -0.2) is 0 Å². The molecule has 4 heteroatoms. The summed E-state index contributed by atoms with van der Waals surface area (Å²) < 4.78 is 5.49. The van der Waals surface area contributed by atoms with Crippen molar-refractivity contribution in [2.24, 2.45) is 5.92 Å². The molecule has 0 radical (unpaired) electrons. The maximum atomic E-state index is 11.8. The lowest BCUT2D eigenvalue weighted by atomic mass is 10.0. The SMILES string of the molecule is CCC(C)C(=O)CN1CCC(OCCO)CC1. The molecule has 0 spiro atoms. The Morgan fingerprint density at radius 3 is 2.65 bits per heavy atom. The Morgan fingerprint density at radius 1 is 1.47 bits per heavy atom. The number of rotatable bonds is 7. The number of nitrogens with zero attached hydrogens (tertiary/aromatic N) is 1. The Balaban J connectivity index is 2.20. The molecule has 1 unspecified atom stereocenters. The molecule has 0 aliphatic carbocycles. The molecular formula is C13H25NO3. The molecule has 0 aromatic carbocycles. The number of aliphatic hydroxyl groups excluding tert-OH is 1. The first kappa shape index (κ1) is 14.6. The van der Waals surface area contributed by atoms with E-state index in [1.54, 1.807) is 0 Å². The number of aliphatic hydroxyl groups is 1. The van der Waals surface area contributed by atoms with Crippen LogP contribution in [0.15, 0.2) is 0 Å². The van der Waals surface area contributed by atoms with Gasteiger partial charge in [-0.1, -0.05) is 13.8 Å². The zero-order valence-electron chi connectivity index (χ0n) is 11.0. The second-order valence-corrected chi connectivity index (χ2v) is 4.85. The second-order valence-electron chi connectivity index (χ2n) is 4.85. The minimum absolute atomic E-state index is 0.0900. The highest BCUT2D eigenvalue weighted by Gasteiger charge is 2.22. The van der Waals surface area contributed by atoms with Gasteiger partial charge in [-0.15, -0.1) is 0 Å². The Bertz CT molecular complexity index is 225. The zero-order valence-corrected chi connectivity index (χ0v) is 11.0. The molecule has 17 heavy (non-hydrogen) atoms. The second kappa shape index (κ2) is 7.80. The molecule has 1 N–H and O–H groups in total. The first-order valence-electron chi connectivity index (χ1n) is 6.64. The van der Waals surface area contributed by atoms with E-state index < -0.39 is 0 Å². The van der Waals surface area contributed by atoms with Crippen LogP contribution in [-0.4, -0.2) is 54.7 Å². The Labute approximate surface area is 104 Å². The van der Waals surface area contributed by atoms with Crippen LogP contribution in [0.2, 0.25) is 0 Å². The van der Waals surface area contributed by atoms with Crippen molar-refractivity contribution in [1.29, 1.82) is 0 Å². The average Bonchev–Trinajstić information content (AvgIpc) is 2.37. The summed E-state index contributed by atoms with van der Waals surface area (Å²) in [4.78, 5) is 14.0. The van der Waals surface area contributed by atoms with Gasteiger partial charge in [0.2, 0.25) is 0 Å². The van der Waals surface area contributed by atoms with E-state index in [4.69, 9.17) is 9.84 Å². The van der Waals surface area contributed by atoms with Crippen molar-refractivity contribution in [3.05, 3.63) is 0 Å². The highest BCUT2D eigenvalue weighted by molar-refractivity contribution is 5.82. The topological polar surface area (TPSA) is 49.8 Å². The normalized spacial score (nSPS) is 20.4. The first-order valence-corrected chi connectivity index (χ1v) is 6.64. The van der Waals surface area contributed by atoms with Crippen LogP contribution in [0.3, 0.4) is 0 Å². The fourth-order valence-corrected chi connectivity index (χ4v) is 2.06. The largest absolute Gasteiger partial charge is 0.394 e. The minimum Gasteiger partial charge on any atom is -0.394 e. The molecule has 0 saturated carbocycles. The molecule has 0 aromatic rings. The molecule has 4 nitrogen and oxygen atoms in total. The van der Waals surface area contributed by atoms with Gasteiger partial charge >= 0.3 is 0 Å². The summed E-state index contributed by atoms with van der Waals surface area (Å²) in [5.41, 5.74) is 0. The van der Waals surface area contributed by atoms with E-state index >= 15 is 0 Å². The molecule has 0 aromatic heterocycles. The predicted molar refractivity (Wildman–Crippen MR) is 67.0 cm³/mol. The summed E-state index contributed by atoms with van der Waals surface area (Å²) >= 11 is 0. The van der Waals surface area contributed by atoms with Gasteiger partial charge in [-0.3, -0.25) is 9.69 Å². The third-order valence-electron chi connectivity index (χ3n) is 3.52. The molecule has 1 aliphatic rings. The van der Waals surface area contributed by atoms with E-state index in [9.17, 15) is 4.79 Å². The van der Waals surface area contributed by atoms with Gasteiger partial charge in [-0.05, 0) is 19.3 Å². The van der Waals surface area contributed by atoms with Crippen LogP contribution in [0.1, 0.15) is 33.1 Å². The third kappa shape index (κ3) is 5.15. The van der Waals surface area contributed by atoms with Crippen molar-refractivity contribution in [1.82, 2.24) is 4.90 Å². The Hall–Kier alpha value is -0.450. The molecule has 1 saturated heterocycles. The number of hydrogen-bond acceptors (Lipinski definition) is 4. The van der Waals surface area contributed by atoms with E-state index in [1.807, 2.05) is 6.92 Å². The smallest absolute Gasteiger partial charge is 0.149 e. The molecule has 1 rings (SSSR count). The van der Waals surface area contributed by atoms with Gasteiger partial charge in [0.1, 0.15) is 5.78 Å². The summed E-state index contributed by atoms with van der Waals surface area (Å²) in [5, 5.41) is 8.68. The van der Waals surface area contributed by atoms with Gasteiger partial charge < -0.3 is 9.84 Å². The number of ketones is 1. The van der Waals surface area contributed by atoms with Crippen molar-refractivity contribution in [3.63, 3.8) is 0 Å².